The fourth-order valence-electron chi connectivity index (χ4n) is 2.47. The second kappa shape index (κ2) is 7.46. The molecule has 0 aromatic heterocycles. The average molecular weight is 256 g/mol. The van der Waals surface area contributed by atoms with Gasteiger partial charge in [0.15, 0.2) is 0 Å². The van der Waals surface area contributed by atoms with Crippen LogP contribution in [0.1, 0.15) is 53.4 Å². The van der Waals surface area contributed by atoms with E-state index < -0.39 is 0 Å². The van der Waals surface area contributed by atoms with Crippen LogP contribution in [0, 0.1) is 0 Å². The van der Waals surface area contributed by atoms with Gasteiger partial charge in [-0.15, -0.1) is 0 Å². The molecule has 1 aliphatic heterocycles. The van der Waals surface area contributed by atoms with Crippen molar-refractivity contribution < 1.29 is 4.74 Å². The number of piperidine rings is 1. The number of hydrogen-bond acceptors (Lipinski definition) is 3. The van der Waals surface area contributed by atoms with Crippen LogP contribution in [0.25, 0.3) is 0 Å². The van der Waals surface area contributed by atoms with Gasteiger partial charge in [0.25, 0.3) is 0 Å². The molecule has 0 aromatic carbocycles. The number of nitrogens with one attached hydrogen (secondary N) is 1. The lowest BCUT2D eigenvalue weighted by Crippen LogP contribution is -2.48. The second-order valence-corrected chi connectivity index (χ2v) is 6.46. The van der Waals surface area contributed by atoms with E-state index in [0.717, 1.165) is 19.5 Å². The van der Waals surface area contributed by atoms with E-state index >= 15 is 0 Å². The molecule has 0 aromatic rings. The first-order valence-electron chi connectivity index (χ1n) is 7.47. The number of methoxy groups -OCH3 is 1. The van der Waals surface area contributed by atoms with E-state index in [4.69, 9.17) is 4.74 Å². The molecule has 1 atom stereocenters. The van der Waals surface area contributed by atoms with E-state index in [2.05, 4.69) is 37.9 Å². The molecule has 1 unspecified atom stereocenters. The molecule has 1 rings (SSSR count). The Morgan fingerprint density at radius 3 is 2.67 bits per heavy atom. The number of ether oxygens (including phenoxy) is 1. The minimum atomic E-state index is 0.00741. The molecule has 1 fully saturated rings. The Hall–Kier alpha value is -0.120. The highest BCUT2D eigenvalue weighted by molar-refractivity contribution is 4.81. The third-order valence-electron chi connectivity index (χ3n) is 4.06. The van der Waals surface area contributed by atoms with E-state index in [1.54, 1.807) is 0 Å². The Kier molecular flexibility index (Phi) is 6.61. The van der Waals surface area contributed by atoms with Crippen LogP contribution in [0.4, 0.5) is 0 Å². The Morgan fingerprint density at radius 2 is 2.06 bits per heavy atom. The Labute approximate surface area is 113 Å². The topological polar surface area (TPSA) is 24.5 Å². The zero-order chi connectivity index (χ0) is 13.6. The van der Waals surface area contributed by atoms with Crippen molar-refractivity contribution in [2.75, 3.05) is 26.7 Å². The summed E-state index contributed by atoms with van der Waals surface area (Å²) in [5, 5.41) is 3.58. The fourth-order valence-corrected chi connectivity index (χ4v) is 2.47. The van der Waals surface area contributed by atoms with Crippen molar-refractivity contribution in [2.45, 2.75) is 71.1 Å². The summed E-state index contributed by atoms with van der Waals surface area (Å²) in [6.45, 7) is 12.3. The van der Waals surface area contributed by atoms with Crippen molar-refractivity contribution in [3.05, 3.63) is 0 Å². The van der Waals surface area contributed by atoms with E-state index in [9.17, 15) is 0 Å². The van der Waals surface area contributed by atoms with E-state index in [1.807, 2.05) is 7.11 Å². The number of rotatable bonds is 7. The lowest BCUT2D eigenvalue weighted by atomic mass is 9.99. The summed E-state index contributed by atoms with van der Waals surface area (Å²) in [5.74, 6) is 0. The number of hydrogen-bond donors (Lipinski definition) is 1. The van der Waals surface area contributed by atoms with Crippen molar-refractivity contribution >= 4 is 0 Å². The molecule has 0 amide bonds. The minimum absolute atomic E-state index is 0.00741. The third-order valence-corrected chi connectivity index (χ3v) is 4.06. The highest BCUT2D eigenvalue weighted by atomic mass is 16.5. The first-order valence-corrected chi connectivity index (χ1v) is 7.47. The van der Waals surface area contributed by atoms with Gasteiger partial charge in [0.05, 0.1) is 5.60 Å². The number of likely N-dealkylation sites (tertiary alicyclic amines) is 1. The first kappa shape index (κ1) is 15.9. The molecule has 0 radical (unpaired) electrons. The van der Waals surface area contributed by atoms with E-state index in [0.29, 0.717) is 12.1 Å². The molecule has 0 spiro atoms. The van der Waals surface area contributed by atoms with Gasteiger partial charge in [-0.3, -0.25) is 4.90 Å². The predicted molar refractivity (Wildman–Crippen MR) is 78.1 cm³/mol. The van der Waals surface area contributed by atoms with Gasteiger partial charge in [-0.25, -0.2) is 0 Å². The first-order chi connectivity index (χ1) is 8.44. The van der Waals surface area contributed by atoms with Gasteiger partial charge >= 0.3 is 0 Å². The Morgan fingerprint density at radius 1 is 1.33 bits per heavy atom. The standard InChI is InChI=1S/C15H32N2O/c1-13(2)16-12-14-8-6-7-10-17(14)11-9-15(3,4)18-5/h13-14,16H,6-12H2,1-5H3. The van der Waals surface area contributed by atoms with Crippen molar-refractivity contribution in [3.8, 4) is 0 Å². The summed E-state index contributed by atoms with van der Waals surface area (Å²) in [4.78, 5) is 2.65. The van der Waals surface area contributed by atoms with Gasteiger partial charge in [-0.05, 0) is 39.7 Å². The van der Waals surface area contributed by atoms with Crippen molar-refractivity contribution in [3.63, 3.8) is 0 Å². The minimum Gasteiger partial charge on any atom is -0.379 e. The lowest BCUT2D eigenvalue weighted by molar-refractivity contribution is 0.000886. The quantitative estimate of drug-likeness (QED) is 0.758. The summed E-state index contributed by atoms with van der Waals surface area (Å²) in [6.07, 6.45) is 5.19. The molecule has 3 nitrogen and oxygen atoms in total. The Bertz CT molecular complexity index is 229. The van der Waals surface area contributed by atoms with Crippen molar-refractivity contribution in [2.24, 2.45) is 0 Å². The predicted octanol–water partition coefficient (Wildman–Crippen LogP) is 2.65. The zero-order valence-electron chi connectivity index (χ0n) is 13.0. The van der Waals surface area contributed by atoms with Gasteiger partial charge in [-0.2, -0.15) is 0 Å². The molecule has 18 heavy (non-hydrogen) atoms. The maximum Gasteiger partial charge on any atom is 0.0634 e. The van der Waals surface area contributed by atoms with Crippen LogP contribution < -0.4 is 5.32 Å². The monoisotopic (exact) mass is 256 g/mol. The summed E-state index contributed by atoms with van der Waals surface area (Å²) in [7, 11) is 1.81. The van der Waals surface area contributed by atoms with Gasteiger partial charge in [0.1, 0.15) is 0 Å². The van der Waals surface area contributed by atoms with Gasteiger partial charge < -0.3 is 10.1 Å². The molecule has 3 heteroatoms. The summed E-state index contributed by atoms with van der Waals surface area (Å²) in [5.41, 5.74) is 0.00741. The second-order valence-electron chi connectivity index (χ2n) is 6.46. The van der Waals surface area contributed by atoms with Crippen LogP contribution in [-0.4, -0.2) is 49.3 Å². The zero-order valence-corrected chi connectivity index (χ0v) is 13.0. The highest BCUT2D eigenvalue weighted by Crippen LogP contribution is 2.20. The summed E-state index contributed by atoms with van der Waals surface area (Å²) in [6, 6.07) is 1.30. The van der Waals surface area contributed by atoms with Crippen LogP contribution in [-0.2, 0) is 4.74 Å². The normalized spacial score (nSPS) is 22.7. The maximum atomic E-state index is 5.52. The fraction of sp³-hybridized carbons (Fsp3) is 1.00. The van der Waals surface area contributed by atoms with E-state index in [-0.39, 0.29) is 5.60 Å². The molecule has 0 bridgehead atoms. The van der Waals surface area contributed by atoms with Crippen LogP contribution in [0.15, 0.2) is 0 Å². The van der Waals surface area contributed by atoms with Crippen LogP contribution in [0.2, 0.25) is 0 Å². The van der Waals surface area contributed by atoms with Crippen molar-refractivity contribution in [1.29, 1.82) is 0 Å². The van der Waals surface area contributed by atoms with Crippen LogP contribution in [0.5, 0.6) is 0 Å². The van der Waals surface area contributed by atoms with E-state index in [1.165, 1.54) is 25.8 Å². The van der Waals surface area contributed by atoms with Crippen LogP contribution in [0.3, 0.4) is 0 Å². The maximum absolute atomic E-state index is 5.52. The average Bonchev–Trinajstić information content (AvgIpc) is 2.35. The highest BCUT2D eigenvalue weighted by Gasteiger charge is 2.25. The molecule has 0 aliphatic carbocycles. The molecule has 1 heterocycles. The molecule has 0 saturated carbocycles. The largest absolute Gasteiger partial charge is 0.379 e. The van der Waals surface area contributed by atoms with Crippen LogP contribution >= 0.6 is 0 Å². The molecule has 108 valence electrons. The van der Waals surface area contributed by atoms with Crippen molar-refractivity contribution in [1.82, 2.24) is 10.2 Å². The SMILES string of the molecule is COC(C)(C)CCN1CCCCC1CNC(C)C. The smallest absolute Gasteiger partial charge is 0.0634 e. The van der Waals surface area contributed by atoms with Gasteiger partial charge in [0.2, 0.25) is 0 Å². The van der Waals surface area contributed by atoms with Gasteiger partial charge in [0, 0.05) is 32.3 Å². The number of nitrogens with zero attached hydrogens (tertiary/aromatic N) is 1. The lowest BCUT2D eigenvalue weighted by Gasteiger charge is -2.38. The molecule has 1 aliphatic rings. The molecule has 1 saturated heterocycles. The molecular weight excluding hydrogens is 224 g/mol. The Balaban J connectivity index is 2.39. The van der Waals surface area contributed by atoms with Gasteiger partial charge in [-0.1, -0.05) is 20.3 Å². The molecule has 1 N–H and O–H groups in total. The summed E-state index contributed by atoms with van der Waals surface area (Å²) < 4.78 is 5.52. The summed E-state index contributed by atoms with van der Waals surface area (Å²) >= 11 is 0. The third kappa shape index (κ3) is 5.68. The molecular formula is C15H32N2O.